The highest BCUT2D eigenvalue weighted by atomic mass is 32.2. The molecule has 33 heavy (non-hydrogen) atoms. The Morgan fingerprint density at radius 1 is 1.24 bits per heavy atom. The lowest BCUT2D eigenvalue weighted by atomic mass is 10.0. The van der Waals surface area contributed by atoms with Crippen molar-refractivity contribution in [2.75, 3.05) is 44.8 Å². The molecule has 1 aliphatic carbocycles. The van der Waals surface area contributed by atoms with Crippen LogP contribution in [-0.4, -0.2) is 82.3 Å². The van der Waals surface area contributed by atoms with E-state index in [1.807, 2.05) is 18.7 Å². The number of methoxy groups -OCH3 is 1. The number of nitrogens with zero attached hydrogens (tertiary/aromatic N) is 2. The molecule has 3 rings (SSSR count). The number of sulfonamides is 1. The molecule has 0 radical (unpaired) electrons. The molecule has 0 unspecified atom stereocenters. The third-order valence-corrected chi connectivity index (χ3v) is 6.84. The standard InChI is InChI=1S/C23H35N3O6S/c1-15-12-26(22(27)10-17-6-7-17)16(2)14-32-20-11-18(24-33(5,29)30)8-9-19(20)23(28)25(3)13-21(15)31-4/h8-9,11,15-17,21,24H,6-7,10,12-14H2,1-5H3/t15-,16-,21+/m0/s1. The van der Waals surface area contributed by atoms with Gasteiger partial charge in [0.1, 0.15) is 12.4 Å². The Balaban J connectivity index is 1.95. The van der Waals surface area contributed by atoms with Crippen molar-refractivity contribution in [1.82, 2.24) is 9.80 Å². The Bertz CT molecular complexity index is 978. The maximum atomic E-state index is 13.2. The van der Waals surface area contributed by atoms with Crippen LogP contribution in [0.4, 0.5) is 5.69 Å². The summed E-state index contributed by atoms with van der Waals surface area (Å²) in [6, 6.07) is 4.36. The van der Waals surface area contributed by atoms with Crippen molar-refractivity contribution in [3.8, 4) is 5.75 Å². The lowest BCUT2D eigenvalue weighted by molar-refractivity contribution is -0.135. The first-order valence-electron chi connectivity index (χ1n) is 11.3. The first-order valence-corrected chi connectivity index (χ1v) is 13.2. The first kappa shape index (κ1) is 25.3. The molecule has 2 amide bonds. The van der Waals surface area contributed by atoms with E-state index < -0.39 is 10.0 Å². The Morgan fingerprint density at radius 3 is 2.55 bits per heavy atom. The SMILES string of the molecule is CO[C@@H]1CN(C)C(=O)c2ccc(NS(C)(=O)=O)cc2OC[C@H](C)N(C(=O)CC2CC2)C[C@@H]1C. The predicted octanol–water partition coefficient (Wildman–Crippen LogP) is 2.19. The molecule has 10 heteroatoms. The lowest BCUT2D eigenvalue weighted by Gasteiger charge is -2.36. The molecule has 1 fully saturated rings. The molecule has 0 aromatic heterocycles. The summed E-state index contributed by atoms with van der Waals surface area (Å²) in [5, 5.41) is 0. The minimum atomic E-state index is -3.49. The van der Waals surface area contributed by atoms with Crippen LogP contribution in [0.5, 0.6) is 5.75 Å². The van der Waals surface area contributed by atoms with E-state index in [-0.39, 0.29) is 42.2 Å². The summed E-state index contributed by atoms with van der Waals surface area (Å²) in [6.07, 6.45) is 3.53. The van der Waals surface area contributed by atoms with Gasteiger partial charge in [0.05, 0.1) is 29.7 Å². The van der Waals surface area contributed by atoms with E-state index in [9.17, 15) is 18.0 Å². The maximum absolute atomic E-state index is 13.2. The number of ether oxygens (including phenoxy) is 2. The van der Waals surface area contributed by atoms with Gasteiger partial charge in [0.25, 0.3) is 5.91 Å². The fourth-order valence-corrected chi connectivity index (χ4v) is 4.64. The van der Waals surface area contributed by atoms with Crippen LogP contribution in [0, 0.1) is 11.8 Å². The second kappa shape index (κ2) is 10.3. The van der Waals surface area contributed by atoms with E-state index in [0.717, 1.165) is 19.1 Å². The van der Waals surface area contributed by atoms with E-state index in [1.165, 1.54) is 12.1 Å². The molecule has 2 aliphatic rings. The van der Waals surface area contributed by atoms with Crippen LogP contribution < -0.4 is 9.46 Å². The van der Waals surface area contributed by atoms with E-state index in [0.29, 0.717) is 36.7 Å². The number of rotatable bonds is 5. The van der Waals surface area contributed by atoms with Crippen molar-refractivity contribution >= 4 is 27.5 Å². The number of hydrogen-bond acceptors (Lipinski definition) is 6. The third-order valence-electron chi connectivity index (χ3n) is 6.23. The van der Waals surface area contributed by atoms with Crippen LogP contribution >= 0.6 is 0 Å². The van der Waals surface area contributed by atoms with Gasteiger partial charge in [0.15, 0.2) is 0 Å². The maximum Gasteiger partial charge on any atom is 0.257 e. The molecule has 1 N–H and O–H groups in total. The van der Waals surface area contributed by atoms with Gasteiger partial charge in [0, 0.05) is 45.7 Å². The third kappa shape index (κ3) is 6.83. The normalized spacial score (nSPS) is 24.9. The number of likely N-dealkylation sites (N-methyl/N-ethyl adjacent to an activating group) is 1. The monoisotopic (exact) mass is 481 g/mol. The average molecular weight is 482 g/mol. The molecule has 0 saturated heterocycles. The molecular formula is C23H35N3O6S. The Labute approximate surface area is 196 Å². The fourth-order valence-electron chi connectivity index (χ4n) is 4.08. The van der Waals surface area contributed by atoms with Gasteiger partial charge in [-0.05, 0) is 37.8 Å². The number of nitrogens with one attached hydrogen (secondary N) is 1. The van der Waals surface area contributed by atoms with E-state index >= 15 is 0 Å². The van der Waals surface area contributed by atoms with Crippen molar-refractivity contribution in [3.63, 3.8) is 0 Å². The topological polar surface area (TPSA) is 105 Å². The number of hydrogen-bond donors (Lipinski definition) is 1. The largest absolute Gasteiger partial charge is 0.491 e. The molecule has 0 spiro atoms. The summed E-state index contributed by atoms with van der Waals surface area (Å²) < 4.78 is 37.5. The van der Waals surface area contributed by atoms with Crippen LogP contribution in [0.25, 0.3) is 0 Å². The van der Waals surface area contributed by atoms with E-state index in [1.54, 1.807) is 25.1 Å². The number of amides is 2. The molecular weight excluding hydrogens is 446 g/mol. The zero-order chi connectivity index (χ0) is 24.3. The van der Waals surface area contributed by atoms with Gasteiger partial charge in [-0.3, -0.25) is 14.3 Å². The second-order valence-corrected chi connectivity index (χ2v) is 11.1. The molecule has 1 aromatic carbocycles. The van der Waals surface area contributed by atoms with Gasteiger partial charge in [-0.15, -0.1) is 0 Å². The Hall–Kier alpha value is -2.33. The van der Waals surface area contributed by atoms with E-state index in [2.05, 4.69) is 4.72 Å². The van der Waals surface area contributed by atoms with Crippen molar-refractivity contribution < 1.29 is 27.5 Å². The summed E-state index contributed by atoms with van der Waals surface area (Å²) >= 11 is 0. The van der Waals surface area contributed by atoms with Gasteiger partial charge in [0.2, 0.25) is 15.9 Å². The summed E-state index contributed by atoms with van der Waals surface area (Å²) in [6.45, 7) is 4.97. The van der Waals surface area contributed by atoms with Gasteiger partial charge in [-0.2, -0.15) is 0 Å². The minimum absolute atomic E-state index is 0.0103. The quantitative estimate of drug-likeness (QED) is 0.691. The van der Waals surface area contributed by atoms with Crippen molar-refractivity contribution in [1.29, 1.82) is 0 Å². The Morgan fingerprint density at radius 2 is 1.94 bits per heavy atom. The summed E-state index contributed by atoms with van der Waals surface area (Å²) in [7, 11) is -0.183. The van der Waals surface area contributed by atoms with Crippen LogP contribution in [-0.2, 0) is 19.6 Å². The molecule has 1 aliphatic heterocycles. The summed E-state index contributed by atoms with van der Waals surface area (Å²) in [4.78, 5) is 29.7. The molecule has 3 atom stereocenters. The summed E-state index contributed by atoms with van der Waals surface area (Å²) in [5.74, 6) is 0.597. The number of benzene rings is 1. The van der Waals surface area contributed by atoms with Crippen LogP contribution in [0.15, 0.2) is 18.2 Å². The first-order chi connectivity index (χ1) is 15.5. The van der Waals surface area contributed by atoms with Crippen molar-refractivity contribution in [3.05, 3.63) is 23.8 Å². The summed E-state index contributed by atoms with van der Waals surface area (Å²) in [5.41, 5.74) is 0.624. The van der Waals surface area contributed by atoms with Gasteiger partial charge in [-0.1, -0.05) is 6.92 Å². The van der Waals surface area contributed by atoms with E-state index in [4.69, 9.17) is 9.47 Å². The fraction of sp³-hybridized carbons (Fsp3) is 0.652. The number of fused-ring (bicyclic) bond motifs is 1. The van der Waals surface area contributed by atoms with Crippen molar-refractivity contribution in [2.24, 2.45) is 11.8 Å². The van der Waals surface area contributed by atoms with Crippen LogP contribution in [0.1, 0.15) is 43.5 Å². The molecule has 1 heterocycles. The van der Waals surface area contributed by atoms with Gasteiger partial charge >= 0.3 is 0 Å². The average Bonchev–Trinajstić information content (AvgIpc) is 3.55. The molecule has 0 bridgehead atoms. The predicted molar refractivity (Wildman–Crippen MR) is 126 cm³/mol. The minimum Gasteiger partial charge on any atom is -0.491 e. The smallest absolute Gasteiger partial charge is 0.257 e. The zero-order valence-corrected chi connectivity index (χ0v) is 20.9. The molecule has 1 aromatic rings. The number of anilines is 1. The molecule has 9 nitrogen and oxygen atoms in total. The number of carbonyl (C=O) groups is 2. The highest BCUT2D eigenvalue weighted by molar-refractivity contribution is 7.92. The highest BCUT2D eigenvalue weighted by Crippen LogP contribution is 2.33. The zero-order valence-electron chi connectivity index (χ0n) is 20.0. The highest BCUT2D eigenvalue weighted by Gasteiger charge is 2.33. The van der Waals surface area contributed by atoms with Gasteiger partial charge < -0.3 is 19.3 Å². The molecule has 1 saturated carbocycles. The van der Waals surface area contributed by atoms with Gasteiger partial charge in [-0.25, -0.2) is 8.42 Å². The number of carbonyl (C=O) groups excluding carboxylic acids is 2. The lowest BCUT2D eigenvalue weighted by Crippen LogP contribution is -2.48. The van der Waals surface area contributed by atoms with Crippen molar-refractivity contribution in [2.45, 2.75) is 45.3 Å². The molecule has 184 valence electrons. The van der Waals surface area contributed by atoms with Crippen LogP contribution in [0.3, 0.4) is 0 Å². The second-order valence-electron chi connectivity index (χ2n) is 9.38. The Kier molecular flexibility index (Phi) is 7.89. The van der Waals surface area contributed by atoms with Crippen LogP contribution in [0.2, 0.25) is 0 Å².